The highest BCUT2D eigenvalue weighted by Gasteiger charge is 2.22. The summed E-state index contributed by atoms with van der Waals surface area (Å²) in [5.74, 6) is -0.416. The van der Waals surface area contributed by atoms with Crippen LogP contribution < -0.4 is 0 Å². The van der Waals surface area contributed by atoms with Crippen LogP contribution in [0, 0.1) is 6.92 Å². The summed E-state index contributed by atoms with van der Waals surface area (Å²) in [6.07, 6.45) is 4.95. The molecule has 0 aromatic carbocycles. The van der Waals surface area contributed by atoms with E-state index in [4.69, 9.17) is 4.74 Å². The van der Waals surface area contributed by atoms with Crippen LogP contribution in [-0.2, 0) is 11.8 Å². The van der Waals surface area contributed by atoms with Crippen molar-refractivity contribution in [1.82, 2.24) is 24.5 Å². The Balaban J connectivity index is 2.36. The van der Waals surface area contributed by atoms with Crippen molar-refractivity contribution in [2.45, 2.75) is 13.8 Å². The zero-order valence-electron chi connectivity index (χ0n) is 12.1. The molecule has 0 saturated carbocycles. The molecule has 0 unspecified atom stereocenters. The number of aryl methyl sites for hydroxylation is 2. The van der Waals surface area contributed by atoms with Crippen LogP contribution in [0.1, 0.15) is 23.0 Å². The topological polar surface area (TPSA) is 74.8 Å². The lowest BCUT2D eigenvalue weighted by Crippen LogP contribution is -2.11. The third-order valence-corrected chi connectivity index (χ3v) is 3.23. The van der Waals surface area contributed by atoms with Gasteiger partial charge in [-0.15, -0.1) is 0 Å². The Morgan fingerprint density at radius 3 is 2.90 bits per heavy atom. The van der Waals surface area contributed by atoms with E-state index >= 15 is 0 Å². The van der Waals surface area contributed by atoms with Crippen molar-refractivity contribution < 1.29 is 9.53 Å². The van der Waals surface area contributed by atoms with Gasteiger partial charge in [-0.3, -0.25) is 4.68 Å². The first-order valence-corrected chi connectivity index (χ1v) is 6.63. The number of hydrogen-bond acceptors (Lipinski definition) is 5. The lowest BCUT2D eigenvalue weighted by Gasteiger charge is -2.10. The number of rotatable bonds is 3. The zero-order chi connectivity index (χ0) is 15.0. The second kappa shape index (κ2) is 5.01. The van der Waals surface area contributed by atoms with Crippen LogP contribution in [0.25, 0.3) is 16.7 Å². The Hall–Kier alpha value is -2.70. The van der Waals surface area contributed by atoms with Crippen LogP contribution in [0.3, 0.4) is 0 Å². The van der Waals surface area contributed by atoms with E-state index in [0.717, 1.165) is 11.1 Å². The number of ether oxygens (including phenoxy) is 1. The quantitative estimate of drug-likeness (QED) is 0.684. The van der Waals surface area contributed by atoms with Gasteiger partial charge in [-0.05, 0) is 19.9 Å². The first-order valence-electron chi connectivity index (χ1n) is 6.63. The van der Waals surface area contributed by atoms with Gasteiger partial charge in [0.05, 0.1) is 23.4 Å². The standard InChI is InChI=1S/C14H15N5O2/c1-4-21-14(20)10-8-15-13-11(9(2)17-18(13)3)12(10)19-7-5-6-16-19/h5-8H,4H2,1-3H3. The molecule has 3 aromatic heterocycles. The highest BCUT2D eigenvalue weighted by molar-refractivity contribution is 6.01. The molecule has 108 valence electrons. The van der Waals surface area contributed by atoms with Gasteiger partial charge in [0.1, 0.15) is 5.56 Å². The van der Waals surface area contributed by atoms with Crippen LogP contribution in [-0.4, -0.2) is 37.1 Å². The van der Waals surface area contributed by atoms with Gasteiger partial charge in [0.25, 0.3) is 0 Å². The van der Waals surface area contributed by atoms with E-state index in [2.05, 4.69) is 15.2 Å². The number of nitrogens with zero attached hydrogens (tertiary/aromatic N) is 5. The summed E-state index contributed by atoms with van der Waals surface area (Å²) in [5.41, 5.74) is 2.51. The maximum absolute atomic E-state index is 12.2. The summed E-state index contributed by atoms with van der Waals surface area (Å²) in [7, 11) is 1.82. The predicted octanol–water partition coefficient (Wildman–Crippen LogP) is 1.64. The number of carbonyl (C=O) groups excluding carboxylic acids is 1. The second-order valence-corrected chi connectivity index (χ2v) is 4.60. The minimum Gasteiger partial charge on any atom is -0.462 e. The minimum absolute atomic E-state index is 0.307. The summed E-state index contributed by atoms with van der Waals surface area (Å²) in [5, 5.41) is 9.40. The molecule has 7 nitrogen and oxygen atoms in total. The van der Waals surface area contributed by atoms with E-state index in [1.807, 2.05) is 14.0 Å². The lowest BCUT2D eigenvalue weighted by molar-refractivity contribution is 0.0526. The van der Waals surface area contributed by atoms with Gasteiger partial charge >= 0.3 is 5.97 Å². The molecule has 3 aromatic rings. The highest BCUT2D eigenvalue weighted by Crippen LogP contribution is 2.27. The van der Waals surface area contributed by atoms with Gasteiger partial charge < -0.3 is 4.74 Å². The summed E-state index contributed by atoms with van der Waals surface area (Å²) >= 11 is 0. The van der Waals surface area contributed by atoms with Crippen molar-refractivity contribution in [3.05, 3.63) is 35.9 Å². The van der Waals surface area contributed by atoms with Crippen molar-refractivity contribution in [2.24, 2.45) is 7.05 Å². The molecule has 3 heterocycles. The van der Waals surface area contributed by atoms with Crippen molar-refractivity contribution in [2.75, 3.05) is 6.61 Å². The second-order valence-electron chi connectivity index (χ2n) is 4.60. The average molecular weight is 285 g/mol. The largest absolute Gasteiger partial charge is 0.462 e. The number of aromatic nitrogens is 5. The Morgan fingerprint density at radius 1 is 1.43 bits per heavy atom. The molecule has 0 N–H and O–H groups in total. The van der Waals surface area contributed by atoms with E-state index in [0.29, 0.717) is 23.5 Å². The zero-order valence-corrected chi connectivity index (χ0v) is 12.1. The summed E-state index contributed by atoms with van der Waals surface area (Å²) in [4.78, 5) is 16.5. The number of pyridine rings is 1. The maximum Gasteiger partial charge on any atom is 0.341 e. The van der Waals surface area contributed by atoms with Gasteiger partial charge in [-0.1, -0.05) is 0 Å². The first-order chi connectivity index (χ1) is 10.1. The third kappa shape index (κ3) is 2.06. The smallest absolute Gasteiger partial charge is 0.341 e. The van der Waals surface area contributed by atoms with E-state index in [1.165, 1.54) is 6.20 Å². The molecule has 3 rings (SSSR count). The van der Waals surface area contributed by atoms with Gasteiger partial charge in [0, 0.05) is 25.6 Å². The van der Waals surface area contributed by atoms with Gasteiger partial charge in [-0.2, -0.15) is 10.2 Å². The molecule has 0 aliphatic heterocycles. The number of fused-ring (bicyclic) bond motifs is 1. The van der Waals surface area contributed by atoms with E-state index in [-0.39, 0.29) is 0 Å². The molecule has 0 bridgehead atoms. The molecular formula is C14H15N5O2. The van der Waals surface area contributed by atoms with Gasteiger partial charge in [0.15, 0.2) is 5.65 Å². The third-order valence-electron chi connectivity index (χ3n) is 3.23. The molecule has 0 fully saturated rings. The van der Waals surface area contributed by atoms with E-state index < -0.39 is 5.97 Å². The normalized spacial score (nSPS) is 11.0. The molecule has 0 radical (unpaired) electrons. The fourth-order valence-corrected chi connectivity index (χ4v) is 2.39. The van der Waals surface area contributed by atoms with Crippen LogP contribution in [0.4, 0.5) is 0 Å². The number of carbonyl (C=O) groups is 1. The molecule has 0 spiro atoms. The lowest BCUT2D eigenvalue weighted by atomic mass is 10.1. The van der Waals surface area contributed by atoms with Gasteiger partial charge in [0.2, 0.25) is 0 Å². The van der Waals surface area contributed by atoms with Crippen LogP contribution >= 0.6 is 0 Å². The molecule has 0 atom stereocenters. The molecule has 0 aliphatic carbocycles. The van der Waals surface area contributed by atoms with Crippen molar-refractivity contribution in [3.8, 4) is 5.69 Å². The summed E-state index contributed by atoms with van der Waals surface area (Å²) in [6, 6.07) is 1.80. The van der Waals surface area contributed by atoms with E-state index in [1.54, 1.807) is 34.7 Å². The molecule has 0 aliphatic rings. The van der Waals surface area contributed by atoms with Crippen LogP contribution in [0.5, 0.6) is 0 Å². The molecule has 21 heavy (non-hydrogen) atoms. The molecular weight excluding hydrogens is 270 g/mol. The van der Waals surface area contributed by atoms with Gasteiger partial charge in [-0.25, -0.2) is 14.5 Å². The summed E-state index contributed by atoms with van der Waals surface area (Å²) < 4.78 is 8.45. The monoisotopic (exact) mass is 285 g/mol. The first kappa shape index (κ1) is 13.3. The highest BCUT2D eigenvalue weighted by atomic mass is 16.5. The molecule has 0 saturated heterocycles. The number of esters is 1. The van der Waals surface area contributed by atoms with Crippen molar-refractivity contribution in [3.63, 3.8) is 0 Å². The van der Waals surface area contributed by atoms with E-state index in [9.17, 15) is 4.79 Å². The Labute approximate surface area is 121 Å². The van der Waals surface area contributed by atoms with Crippen LogP contribution in [0.2, 0.25) is 0 Å². The van der Waals surface area contributed by atoms with Crippen molar-refractivity contribution >= 4 is 17.0 Å². The minimum atomic E-state index is -0.416. The van der Waals surface area contributed by atoms with Crippen LogP contribution in [0.15, 0.2) is 24.7 Å². The molecule has 7 heteroatoms. The number of hydrogen-bond donors (Lipinski definition) is 0. The Bertz CT molecular complexity index is 804. The summed E-state index contributed by atoms with van der Waals surface area (Å²) in [6.45, 7) is 3.96. The van der Waals surface area contributed by atoms with Crippen molar-refractivity contribution in [1.29, 1.82) is 0 Å². The Kier molecular flexibility index (Phi) is 3.17. The SMILES string of the molecule is CCOC(=O)c1cnc2c(c(C)nn2C)c1-n1cccn1. The predicted molar refractivity (Wildman–Crippen MR) is 76.3 cm³/mol. The maximum atomic E-state index is 12.2. The Morgan fingerprint density at radius 2 is 2.24 bits per heavy atom. The fraction of sp³-hybridized carbons (Fsp3) is 0.286. The molecule has 0 amide bonds. The average Bonchev–Trinajstić information content (AvgIpc) is 3.07. The fourth-order valence-electron chi connectivity index (χ4n) is 2.39.